The van der Waals surface area contributed by atoms with Crippen LogP contribution in [0.2, 0.25) is 0 Å². The Morgan fingerprint density at radius 3 is 2.76 bits per heavy atom. The molecule has 3 nitrogen and oxygen atoms in total. The third kappa shape index (κ3) is 3.62. The van der Waals surface area contributed by atoms with Gasteiger partial charge in [-0.1, -0.05) is 25.0 Å². The Balaban J connectivity index is 1.52. The maximum Gasteiger partial charge on any atom is 0.279 e. The fourth-order valence-electron chi connectivity index (χ4n) is 3.94. The molecule has 1 aliphatic carbocycles. The summed E-state index contributed by atoms with van der Waals surface area (Å²) in [4.78, 5) is 13.4. The van der Waals surface area contributed by atoms with Crippen molar-refractivity contribution in [3.8, 4) is 0 Å². The van der Waals surface area contributed by atoms with Crippen LogP contribution < -0.4 is 10.2 Å². The number of para-hydroxylation sites is 1. The lowest BCUT2D eigenvalue weighted by atomic mass is 9.75. The minimum atomic E-state index is -0.369. The van der Waals surface area contributed by atoms with Gasteiger partial charge in [-0.2, -0.15) is 0 Å². The monoisotopic (exact) mass is 291 g/mol. The minimum absolute atomic E-state index is 0.0793. The van der Waals surface area contributed by atoms with E-state index in [1.54, 1.807) is 18.2 Å². The molecule has 3 rings (SSSR count). The fourth-order valence-corrected chi connectivity index (χ4v) is 3.94. The molecule has 0 aromatic heterocycles. The Morgan fingerprint density at radius 2 is 1.95 bits per heavy atom. The van der Waals surface area contributed by atoms with Crippen molar-refractivity contribution < 1.29 is 14.1 Å². The zero-order valence-corrected chi connectivity index (χ0v) is 12.4. The predicted molar refractivity (Wildman–Crippen MR) is 80.7 cm³/mol. The number of halogens is 1. The third-order valence-corrected chi connectivity index (χ3v) is 5.04. The molecule has 0 spiro atoms. The number of anilines is 1. The Bertz CT molecular complexity index is 505. The lowest BCUT2D eigenvalue weighted by molar-refractivity contribution is -0.902. The first kappa shape index (κ1) is 14.5. The highest BCUT2D eigenvalue weighted by molar-refractivity contribution is 5.91. The highest BCUT2D eigenvalue weighted by Gasteiger charge is 2.34. The van der Waals surface area contributed by atoms with Crippen LogP contribution in [0, 0.1) is 17.7 Å². The Morgan fingerprint density at radius 1 is 1.19 bits per heavy atom. The number of benzene rings is 1. The second-order valence-corrected chi connectivity index (χ2v) is 6.50. The third-order valence-electron chi connectivity index (χ3n) is 5.04. The van der Waals surface area contributed by atoms with Gasteiger partial charge in [-0.05, 0) is 37.3 Å². The summed E-state index contributed by atoms with van der Waals surface area (Å²) in [6, 6.07) is 6.34. The molecule has 1 saturated carbocycles. The van der Waals surface area contributed by atoms with Gasteiger partial charge in [-0.15, -0.1) is 0 Å². The number of hydrogen-bond donors (Lipinski definition) is 2. The molecule has 3 atom stereocenters. The van der Waals surface area contributed by atoms with Crippen LogP contribution in [0.1, 0.15) is 32.1 Å². The number of fused-ring (bicyclic) bond motifs is 1. The van der Waals surface area contributed by atoms with Crippen LogP contribution in [-0.2, 0) is 4.79 Å². The molecule has 114 valence electrons. The van der Waals surface area contributed by atoms with E-state index >= 15 is 0 Å². The summed E-state index contributed by atoms with van der Waals surface area (Å²) in [7, 11) is 0. The van der Waals surface area contributed by atoms with Crippen LogP contribution in [0.5, 0.6) is 0 Å². The molecule has 1 unspecified atom stereocenters. The highest BCUT2D eigenvalue weighted by Crippen LogP contribution is 2.32. The summed E-state index contributed by atoms with van der Waals surface area (Å²) < 4.78 is 13.5. The number of nitrogens with one attached hydrogen (secondary N) is 2. The van der Waals surface area contributed by atoms with E-state index in [1.165, 1.54) is 43.1 Å². The molecule has 1 aliphatic heterocycles. The Kier molecular flexibility index (Phi) is 4.54. The van der Waals surface area contributed by atoms with Gasteiger partial charge in [0.1, 0.15) is 5.82 Å². The minimum Gasteiger partial charge on any atom is -0.327 e. The van der Waals surface area contributed by atoms with Crippen molar-refractivity contribution in [2.24, 2.45) is 11.8 Å². The first-order valence-corrected chi connectivity index (χ1v) is 8.10. The maximum absolute atomic E-state index is 13.5. The molecular formula is C17H24FN2O+. The van der Waals surface area contributed by atoms with E-state index in [4.69, 9.17) is 0 Å². The molecule has 1 amide bonds. The van der Waals surface area contributed by atoms with E-state index in [0.29, 0.717) is 6.54 Å². The molecule has 1 aromatic carbocycles. The van der Waals surface area contributed by atoms with E-state index in [2.05, 4.69) is 5.32 Å². The quantitative estimate of drug-likeness (QED) is 0.875. The largest absolute Gasteiger partial charge is 0.327 e. The summed E-state index contributed by atoms with van der Waals surface area (Å²) >= 11 is 0. The lowest BCUT2D eigenvalue weighted by Gasteiger charge is -2.38. The molecule has 1 heterocycles. The van der Waals surface area contributed by atoms with Gasteiger partial charge in [0.05, 0.1) is 18.8 Å². The van der Waals surface area contributed by atoms with Crippen LogP contribution in [0.4, 0.5) is 10.1 Å². The van der Waals surface area contributed by atoms with Gasteiger partial charge in [-0.3, -0.25) is 4.79 Å². The van der Waals surface area contributed by atoms with Crippen LogP contribution in [-0.4, -0.2) is 25.5 Å². The predicted octanol–water partition coefficient (Wildman–Crippen LogP) is 1.86. The summed E-state index contributed by atoms with van der Waals surface area (Å²) in [5, 5.41) is 2.69. The summed E-state index contributed by atoms with van der Waals surface area (Å²) in [6.45, 7) is 2.64. The first-order valence-electron chi connectivity index (χ1n) is 8.10. The normalized spacial score (nSPS) is 28.7. The van der Waals surface area contributed by atoms with E-state index in [9.17, 15) is 9.18 Å². The van der Waals surface area contributed by atoms with E-state index < -0.39 is 0 Å². The van der Waals surface area contributed by atoms with Gasteiger partial charge in [0.15, 0.2) is 6.54 Å². The molecular weight excluding hydrogens is 267 g/mol. The van der Waals surface area contributed by atoms with Gasteiger partial charge >= 0.3 is 0 Å². The Hall–Kier alpha value is -1.42. The maximum atomic E-state index is 13.5. The number of hydrogen-bond acceptors (Lipinski definition) is 1. The zero-order valence-electron chi connectivity index (χ0n) is 12.4. The van der Waals surface area contributed by atoms with Crippen molar-refractivity contribution in [1.29, 1.82) is 0 Å². The number of likely N-dealkylation sites (tertiary alicyclic amines) is 1. The second kappa shape index (κ2) is 6.56. The SMILES string of the molecule is O=C(C[NH+]1CC[C@H]2CCCC[C@@H]2C1)Nc1ccccc1F. The number of rotatable bonds is 3. The first-order chi connectivity index (χ1) is 10.2. The number of carbonyl (C=O) groups excluding carboxylic acids is 1. The number of carbonyl (C=O) groups is 1. The standard InChI is InChI=1S/C17H23FN2O/c18-15-7-3-4-8-16(15)19-17(21)12-20-10-9-13-5-1-2-6-14(13)11-20/h3-4,7-8,13-14H,1-2,5-6,9-12H2,(H,19,21)/p+1/t13-,14-/m1/s1. The molecule has 2 aliphatic rings. The average molecular weight is 291 g/mol. The van der Waals surface area contributed by atoms with Crippen LogP contribution in [0.15, 0.2) is 24.3 Å². The van der Waals surface area contributed by atoms with E-state index in [-0.39, 0.29) is 17.4 Å². The van der Waals surface area contributed by atoms with Gasteiger partial charge in [0.25, 0.3) is 5.91 Å². The molecule has 21 heavy (non-hydrogen) atoms. The molecule has 1 aromatic rings. The summed E-state index contributed by atoms with van der Waals surface area (Å²) in [5.74, 6) is 1.23. The van der Waals surface area contributed by atoms with Crippen molar-refractivity contribution in [2.45, 2.75) is 32.1 Å². The highest BCUT2D eigenvalue weighted by atomic mass is 19.1. The summed E-state index contributed by atoms with van der Waals surface area (Å²) in [5.41, 5.74) is 0.287. The van der Waals surface area contributed by atoms with Crippen LogP contribution in [0.3, 0.4) is 0 Å². The van der Waals surface area contributed by atoms with Crippen molar-refractivity contribution >= 4 is 11.6 Å². The van der Waals surface area contributed by atoms with Crippen molar-refractivity contribution in [3.63, 3.8) is 0 Å². The van der Waals surface area contributed by atoms with Crippen LogP contribution >= 0.6 is 0 Å². The summed E-state index contributed by atoms with van der Waals surface area (Å²) in [6.07, 6.45) is 6.66. The van der Waals surface area contributed by atoms with Gasteiger partial charge in [0.2, 0.25) is 0 Å². The van der Waals surface area contributed by atoms with Gasteiger partial charge in [0, 0.05) is 5.92 Å². The Labute approximate surface area is 125 Å². The molecule has 2 fully saturated rings. The number of quaternary nitrogens is 1. The lowest BCUT2D eigenvalue weighted by Crippen LogP contribution is -3.15. The van der Waals surface area contributed by atoms with E-state index in [0.717, 1.165) is 24.9 Å². The van der Waals surface area contributed by atoms with Crippen molar-refractivity contribution in [2.75, 3.05) is 25.0 Å². The topological polar surface area (TPSA) is 33.5 Å². The van der Waals surface area contributed by atoms with Crippen LogP contribution in [0.25, 0.3) is 0 Å². The van der Waals surface area contributed by atoms with Crippen molar-refractivity contribution in [3.05, 3.63) is 30.1 Å². The number of piperidine rings is 1. The second-order valence-electron chi connectivity index (χ2n) is 6.50. The molecule has 2 N–H and O–H groups in total. The molecule has 1 saturated heterocycles. The molecule has 0 radical (unpaired) electrons. The number of amides is 1. The van der Waals surface area contributed by atoms with Gasteiger partial charge < -0.3 is 10.2 Å². The molecule has 4 heteroatoms. The fraction of sp³-hybridized carbons (Fsp3) is 0.588. The van der Waals surface area contributed by atoms with Crippen molar-refractivity contribution in [1.82, 2.24) is 0 Å². The van der Waals surface area contributed by atoms with Gasteiger partial charge in [-0.25, -0.2) is 4.39 Å². The smallest absolute Gasteiger partial charge is 0.279 e. The zero-order chi connectivity index (χ0) is 14.7. The molecule has 0 bridgehead atoms. The average Bonchev–Trinajstić information content (AvgIpc) is 2.49. The van der Waals surface area contributed by atoms with E-state index in [1.807, 2.05) is 0 Å².